The van der Waals surface area contributed by atoms with Crippen LogP contribution in [0.4, 0.5) is 17.1 Å². The van der Waals surface area contributed by atoms with Gasteiger partial charge in [-0.15, -0.1) is 0 Å². The minimum atomic E-state index is -0.932. The van der Waals surface area contributed by atoms with E-state index in [4.69, 9.17) is 25.9 Å². The van der Waals surface area contributed by atoms with Crippen LogP contribution >= 0.6 is 0 Å². The molecule has 0 aliphatic carbocycles. The van der Waals surface area contributed by atoms with Crippen LogP contribution in [0.1, 0.15) is 31.5 Å². The third kappa shape index (κ3) is 7.05. The van der Waals surface area contributed by atoms with Crippen LogP contribution in [0.15, 0.2) is 36.8 Å². The second kappa shape index (κ2) is 12.0. The quantitative estimate of drug-likeness (QED) is 0.108. The van der Waals surface area contributed by atoms with Gasteiger partial charge in [0.2, 0.25) is 0 Å². The predicted octanol–water partition coefficient (Wildman–Crippen LogP) is 0.616. The smallest absolute Gasteiger partial charge is 0.272 e. The van der Waals surface area contributed by atoms with Crippen molar-refractivity contribution in [3.8, 4) is 6.07 Å². The second-order valence-corrected chi connectivity index (χ2v) is 10.7. The second-order valence-electron chi connectivity index (χ2n) is 10.7. The van der Waals surface area contributed by atoms with Crippen molar-refractivity contribution in [3.05, 3.63) is 53.9 Å². The number of nitrogens with two attached hydrogens (primary N) is 1. The number of aryl methyl sites for hydroxylation is 3. The first-order chi connectivity index (χ1) is 20.5. The van der Waals surface area contributed by atoms with E-state index in [9.17, 15) is 14.4 Å². The van der Waals surface area contributed by atoms with Gasteiger partial charge in [0, 0.05) is 59.4 Å². The summed E-state index contributed by atoms with van der Waals surface area (Å²) >= 11 is 0. The number of amidine groups is 1. The predicted molar refractivity (Wildman–Crippen MR) is 157 cm³/mol. The van der Waals surface area contributed by atoms with Gasteiger partial charge in [0.05, 0.1) is 48.6 Å². The van der Waals surface area contributed by atoms with Crippen molar-refractivity contribution < 1.29 is 23.9 Å². The molecule has 3 unspecified atom stereocenters. The van der Waals surface area contributed by atoms with Gasteiger partial charge in [0.25, 0.3) is 17.7 Å². The maximum absolute atomic E-state index is 13.2. The summed E-state index contributed by atoms with van der Waals surface area (Å²) in [7, 11) is 5.13. The van der Waals surface area contributed by atoms with E-state index in [1.165, 1.54) is 10.6 Å². The highest BCUT2D eigenvalue weighted by molar-refractivity contribution is 6.07. The van der Waals surface area contributed by atoms with Crippen LogP contribution in [0, 0.1) is 22.7 Å². The molecule has 3 atom stereocenters. The monoisotopic (exact) mass is 590 g/mol. The molecule has 2 aliphatic heterocycles. The average molecular weight is 591 g/mol. The maximum Gasteiger partial charge on any atom is 0.272 e. The number of carbonyl (C=O) groups excluding carboxylic acids is 3. The lowest BCUT2D eigenvalue weighted by Gasteiger charge is -2.21. The molecule has 2 fully saturated rings. The Labute approximate surface area is 247 Å². The molecule has 6 N–H and O–H groups in total. The molecule has 43 heavy (non-hydrogen) atoms. The number of epoxide rings is 2. The van der Waals surface area contributed by atoms with E-state index in [1.807, 2.05) is 18.3 Å². The first-order valence-electron chi connectivity index (χ1n) is 13.6. The van der Waals surface area contributed by atoms with Crippen LogP contribution in [-0.4, -0.2) is 82.3 Å². The Morgan fingerprint density at radius 3 is 1.86 bits per heavy atom. The molecule has 2 saturated heterocycles. The highest BCUT2D eigenvalue weighted by atomic mass is 16.6. The van der Waals surface area contributed by atoms with Gasteiger partial charge in [-0.25, -0.2) is 0 Å². The van der Waals surface area contributed by atoms with Crippen molar-refractivity contribution in [1.82, 2.24) is 19.0 Å². The third-order valence-electron chi connectivity index (χ3n) is 7.23. The minimum absolute atomic E-state index is 0.109. The third-order valence-corrected chi connectivity index (χ3v) is 7.23. The Morgan fingerprint density at radius 2 is 1.40 bits per heavy atom. The summed E-state index contributed by atoms with van der Waals surface area (Å²) in [5.41, 5.74) is 8.08. The number of aromatic nitrogens is 3. The van der Waals surface area contributed by atoms with Gasteiger partial charge >= 0.3 is 0 Å². The lowest BCUT2D eigenvalue weighted by atomic mass is 10.1. The normalized spacial score (nSPS) is 17.4. The summed E-state index contributed by atoms with van der Waals surface area (Å²) < 4.78 is 15.7. The molecule has 15 heteroatoms. The van der Waals surface area contributed by atoms with Gasteiger partial charge in [-0.1, -0.05) is 0 Å². The molecule has 0 bridgehead atoms. The molecule has 5 heterocycles. The highest BCUT2D eigenvalue weighted by Crippen LogP contribution is 2.25. The van der Waals surface area contributed by atoms with Crippen molar-refractivity contribution in [2.75, 3.05) is 48.4 Å². The number of rotatable bonds is 13. The SMILES string of the molecule is Cn1cc(NC(=O)c2cc(NC(=O)c3cc(N(CC4CO4)CC4CO4)cn3C)cn2C)cc1C(=O)NCC(C#N)C(=N)N. The Bertz CT molecular complexity index is 1590. The van der Waals surface area contributed by atoms with E-state index in [1.54, 1.807) is 48.7 Å². The van der Waals surface area contributed by atoms with E-state index < -0.39 is 17.7 Å². The number of hydrogen-bond donors (Lipinski definition) is 5. The van der Waals surface area contributed by atoms with Crippen LogP contribution < -0.4 is 26.6 Å². The molecule has 0 radical (unpaired) electrons. The number of amides is 3. The average Bonchev–Trinajstić information content (AvgIpc) is 3.85. The summed E-state index contributed by atoms with van der Waals surface area (Å²) in [5, 5.41) is 24.7. The fourth-order valence-electron chi connectivity index (χ4n) is 4.69. The van der Waals surface area contributed by atoms with E-state index in [-0.39, 0.29) is 41.9 Å². The summed E-state index contributed by atoms with van der Waals surface area (Å²) in [6, 6.07) is 6.75. The van der Waals surface area contributed by atoms with Crippen molar-refractivity contribution in [1.29, 1.82) is 10.7 Å². The van der Waals surface area contributed by atoms with Gasteiger partial charge in [0.1, 0.15) is 28.8 Å². The Morgan fingerprint density at radius 1 is 0.930 bits per heavy atom. The first-order valence-corrected chi connectivity index (χ1v) is 13.6. The van der Waals surface area contributed by atoms with Gasteiger partial charge in [-0.05, 0) is 18.2 Å². The number of nitrogens with one attached hydrogen (secondary N) is 4. The van der Waals surface area contributed by atoms with E-state index >= 15 is 0 Å². The molecule has 0 spiro atoms. The Kier molecular flexibility index (Phi) is 8.24. The Hall–Kier alpha value is -5.07. The number of nitrogens with zero attached hydrogens (tertiary/aromatic N) is 5. The van der Waals surface area contributed by atoms with Crippen molar-refractivity contribution in [2.24, 2.45) is 32.8 Å². The zero-order chi connectivity index (χ0) is 30.8. The molecule has 5 rings (SSSR count). The van der Waals surface area contributed by atoms with Gasteiger partial charge in [-0.3, -0.25) is 19.8 Å². The molecule has 3 amide bonds. The minimum Gasteiger partial charge on any atom is -0.386 e. The standard InChI is InChI=1S/C28H34N10O5/c1-35-9-17(4-22(35)26(39)32-8-16(7-29)25(30)31)33-27(40)23-5-18(10-36(23)2)34-28(41)24-6-19(11-37(24)3)38(12-20-14-42-20)13-21-15-43-21/h4-6,9-11,16,20-21H,8,12-15H2,1-3H3,(H3,30,31)(H,32,39)(H,33,40)(H,34,41). The van der Waals surface area contributed by atoms with Crippen LogP contribution in [0.5, 0.6) is 0 Å². The number of carbonyl (C=O) groups is 3. The fraction of sp³-hybridized carbons (Fsp3) is 0.393. The topological polar surface area (TPSA) is 204 Å². The van der Waals surface area contributed by atoms with Crippen molar-refractivity contribution in [2.45, 2.75) is 12.2 Å². The number of anilines is 3. The number of nitriles is 1. The van der Waals surface area contributed by atoms with Crippen LogP contribution in [0.3, 0.4) is 0 Å². The molecule has 15 nitrogen and oxygen atoms in total. The van der Waals surface area contributed by atoms with Gasteiger partial charge in [0.15, 0.2) is 0 Å². The van der Waals surface area contributed by atoms with Crippen LogP contribution in [0.2, 0.25) is 0 Å². The molecular formula is C28H34N10O5. The summed E-state index contributed by atoms with van der Waals surface area (Å²) in [6.07, 6.45) is 5.51. The van der Waals surface area contributed by atoms with Crippen molar-refractivity contribution >= 4 is 40.6 Å². The van der Waals surface area contributed by atoms with E-state index in [0.717, 1.165) is 32.0 Å². The molecule has 0 aromatic carbocycles. The lowest BCUT2D eigenvalue weighted by molar-refractivity contribution is 0.0942. The van der Waals surface area contributed by atoms with Gasteiger partial charge in [-0.2, -0.15) is 5.26 Å². The summed E-state index contributed by atoms with van der Waals surface area (Å²) in [6.45, 7) is 2.83. The number of ether oxygens (including phenoxy) is 2. The number of hydrogen-bond acceptors (Lipinski definition) is 8. The van der Waals surface area contributed by atoms with Gasteiger partial charge < -0.3 is 49.8 Å². The van der Waals surface area contributed by atoms with Crippen molar-refractivity contribution in [3.63, 3.8) is 0 Å². The highest BCUT2D eigenvalue weighted by Gasteiger charge is 2.32. The Balaban J connectivity index is 1.21. The molecular weight excluding hydrogens is 556 g/mol. The molecule has 2 aliphatic rings. The molecule has 0 saturated carbocycles. The first kappa shape index (κ1) is 29.4. The molecule has 226 valence electrons. The molecule has 3 aromatic rings. The zero-order valence-corrected chi connectivity index (χ0v) is 24.1. The largest absolute Gasteiger partial charge is 0.386 e. The summed E-state index contributed by atoms with van der Waals surface area (Å²) in [4.78, 5) is 41.0. The lowest BCUT2D eigenvalue weighted by Crippen LogP contribution is -2.35. The molecule has 3 aromatic heterocycles. The van der Waals surface area contributed by atoms with E-state index in [2.05, 4.69) is 20.9 Å². The van der Waals surface area contributed by atoms with Crippen LogP contribution in [-0.2, 0) is 30.6 Å². The summed E-state index contributed by atoms with van der Waals surface area (Å²) in [5.74, 6) is -2.51. The van der Waals surface area contributed by atoms with E-state index in [0.29, 0.717) is 17.1 Å². The maximum atomic E-state index is 13.2. The fourth-order valence-corrected chi connectivity index (χ4v) is 4.69. The van der Waals surface area contributed by atoms with Crippen LogP contribution in [0.25, 0.3) is 0 Å². The zero-order valence-electron chi connectivity index (χ0n) is 24.1.